The van der Waals surface area contributed by atoms with Crippen LogP contribution in [0.2, 0.25) is 0 Å². The molecule has 0 spiro atoms. The van der Waals surface area contributed by atoms with Crippen LogP contribution < -0.4 is 11.1 Å². The highest BCUT2D eigenvalue weighted by Gasteiger charge is 2.15. The SMILES string of the molecule is CCC(C)[C@H](N)CC(=O)Nc1ccccn1. The molecular formula is C12H19N3O. The molecule has 1 rings (SSSR count). The minimum Gasteiger partial charge on any atom is -0.327 e. The largest absolute Gasteiger partial charge is 0.327 e. The van der Waals surface area contributed by atoms with Crippen molar-refractivity contribution in [1.82, 2.24) is 4.98 Å². The number of carbonyl (C=O) groups is 1. The van der Waals surface area contributed by atoms with Crippen molar-refractivity contribution in [3.05, 3.63) is 24.4 Å². The maximum atomic E-state index is 11.6. The number of rotatable bonds is 5. The standard InChI is InChI=1S/C12H19N3O/c1-3-9(2)10(13)8-12(16)15-11-6-4-5-7-14-11/h4-7,9-10H,3,8,13H2,1-2H3,(H,14,15,16)/t9?,10-/m1/s1. The Morgan fingerprint density at radius 2 is 2.31 bits per heavy atom. The highest BCUT2D eigenvalue weighted by molar-refractivity contribution is 5.90. The zero-order valence-electron chi connectivity index (χ0n) is 9.81. The van der Waals surface area contributed by atoms with Crippen LogP contribution >= 0.6 is 0 Å². The molecule has 1 amide bonds. The molecule has 0 saturated carbocycles. The fourth-order valence-corrected chi connectivity index (χ4v) is 1.35. The van der Waals surface area contributed by atoms with Gasteiger partial charge in [0.25, 0.3) is 0 Å². The second-order valence-corrected chi connectivity index (χ2v) is 4.02. The van der Waals surface area contributed by atoms with Gasteiger partial charge in [0.1, 0.15) is 5.82 Å². The van der Waals surface area contributed by atoms with Crippen LogP contribution in [0.25, 0.3) is 0 Å². The molecule has 0 aliphatic heterocycles. The average Bonchev–Trinajstić information content (AvgIpc) is 2.29. The fourth-order valence-electron chi connectivity index (χ4n) is 1.35. The predicted molar refractivity (Wildman–Crippen MR) is 64.9 cm³/mol. The third-order valence-electron chi connectivity index (χ3n) is 2.73. The quantitative estimate of drug-likeness (QED) is 0.796. The summed E-state index contributed by atoms with van der Waals surface area (Å²) >= 11 is 0. The third kappa shape index (κ3) is 3.98. The Hall–Kier alpha value is -1.42. The normalized spacial score (nSPS) is 14.2. The maximum Gasteiger partial charge on any atom is 0.227 e. The van der Waals surface area contributed by atoms with Gasteiger partial charge in [-0.25, -0.2) is 4.98 Å². The molecule has 0 saturated heterocycles. The lowest BCUT2D eigenvalue weighted by molar-refractivity contribution is -0.116. The Bertz CT molecular complexity index is 326. The van der Waals surface area contributed by atoms with Gasteiger partial charge in [-0.15, -0.1) is 0 Å². The lowest BCUT2D eigenvalue weighted by Gasteiger charge is -2.17. The van der Waals surface area contributed by atoms with Crippen molar-refractivity contribution in [3.8, 4) is 0 Å². The van der Waals surface area contributed by atoms with Gasteiger partial charge in [0.05, 0.1) is 0 Å². The number of aromatic nitrogens is 1. The average molecular weight is 221 g/mol. The Labute approximate surface area is 96.3 Å². The summed E-state index contributed by atoms with van der Waals surface area (Å²) in [6.45, 7) is 4.12. The van der Waals surface area contributed by atoms with Crippen LogP contribution in [0.3, 0.4) is 0 Å². The maximum absolute atomic E-state index is 11.6. The summed E-state index contributed by atoms with van der Waals surface area (Å²) in [7, 11) is 0. The summed E-state index contributed by atoms with van der Waals surface area (Å²) in [5, 5.41) is 2.72. The van der Waals surface area contributed by atoms with Crippen LogP contribution in [0.4, 0.5) is 5.82 Å². The van der Waals surface area contributed by atoms with Crippen LogP contribution in [0, 0.1) is 5.92 Å². The van der Waals surface area contributed by atoms with Gasteiger partial charge in [-0.1, -0.05) is 26.3 Å². The van der Waals surface area contributed by atoms with Gasteiger partial charge < -0.3 is 11.1 Å². The van der Waals surface area contributed by atoms with E-state index in [1.165, 1.54) is 0 Å². The second kappa shape index (κ2) is 6.23. The molecule has 88 valence electrons. The molecule has 1 aromatic heterocycles. The number of pyridine rings is 1. The van der Waals surface area contributed by atoms with Crippen LogP contribution in [0.5, 0.6) is 0 Å². The van der Waals surface area contributed by atoms with E-state index < -0.39 is 0 Å². The summed E-state index contributed by atoms with van der Waals surface area (Å²) < 4.78 is 0. The molecular weight excluding hydrogens is 202 g/mol. The summed E-state index contributed by atoms with van der Waals surface area (Å²) in [6.07, 6.45) is 2.97. The number of nitrogens with zero attached hydrogens (tertiary/aromatic N) is 1. The van der Waals surface area contributed by atoms with Gasteiger partial charge in [0, 0.05) is 18.7 Å². The van der Waals surface area contributed by atoms with E-state index in [0.717, 1.165) is 6.42 Å². The molecule has 16 heavy (non-hydrogen) atoms. The Morgan fingerprint density at radius 1 is 1.56 bits per heavy atom. The van der Waals surface area contributed by atoms with E-state index >= 15 is 0 Å². The van der Waals surface area contributed by atoms with E-state index in [1.807, 2.05) is 6.07 Å². The van der Waals surface area contributed by atoms with Gasteiger partial charge >= 0.3 is 0 Å². The summed E-state index contributed by atoms with van der Waals surface area (Å²) in [6, 6.07) is 5.30. The van der Waals surface area contributed by atoms with Crippen molar-refractivity contribution >= 4 is 11.7 Å². The molecule has 0 fully saturated rings. The van der Waals surface area contributed by atoms with E-state index in [1.54, 1.807) is 18.3 Å². The van der Waals surface area contributed by atoms with Crippen molar-refractivity contribution in [3.63, 3.8) is 0 Å². The molecule has 0 radical (unpaired) electrons. The minimum atomic E-state index is -0.0892. The number of amides is 1. The number of nitrogens with two attached hydrogens (primary N) is 1. The molecule has 4 heteroatoms. The molecule has 0 aromatic carbocycles. The molecule has 1 unspecified atom stereocenters. The zero-order valence-corrected chi connectivity index (χ0v) is 9.81. The molecule has 1 heterocycles. The molecule has 0 bridgehead atoms. The topological polar surface area (TPSA) is 68.0 Å². The van der Waals surface area contributed by atoms with Gasteiger partial charge in [-0.3, -0.25) is 4.79 Å². The van der Waals surface area contributed by atoms with Crippen LogP contribution in [-0.2, 0) is 4.79 Å². The van der Waals surface area contributed by atoms with E-state index in [-0.39, 0.29) is 11.9 Å². The van der Waals surface area contributed by atoms with Crippen LogP contribution in [0.15, 0.2) is 24.4 Å². The first-order valence-electron chi connectivity index (χ1n) is 5.60. The molecule has 2 atom stereocenters. The molecule has 3 N–H and O–H groups in total. The number of hydrogen-bond donors (Lipinski definition) is 2. The first-order valence-corrected chi connectivity index (χ1v) is 5.60. The Morgan fingerprint density at radius 3 is 2.88 bits per heavy atom. The lowest BCUT2D eigenvalue weighted by Crippen LogP contribution is -2.32. The Balaban J connectivity index is 2.42. The van der Waals surface area contributed by atoms with Crippen molar-refractivity contribution in [2.24, 2.45) is 11.7 Å². The van der Waals surface area contributed by atoms with Crippen molar-refractivity contribution in [1.29, 1.82) is 0 Å². The van der Waals surface area contributed by atoms with Crippen molar-refractivity contribution in [2.45, 2.75) is 32.7 Å². The van der Waals surface area contributed by atoms with Gasteiger partial charge in [-0.05, 0) is 18.1 Å². The summed E-state index contributed by atoms with van der Waals surface area (Å²) in [5.41, 5.74) is 5.90. The van der Waals surface area contributed by atoms with E-state index in [4.69, 9.17) is 5.73 Å². The number of hydrogen-bond acceptors (Lipinski definition) is 3. The third-order valence-corrected chi connectivity index (χ3v) is 2.73. The van der Waals surface area contributed by atoms with Gasteiger partial charge in [0.15, 0.2) is 0 Å². The van der Waals surface area contributed by atoms with Crippen molar-refractivity contribution < 1.29 is 4.79 Å². The fraction of sp³-hybridized carbons (Fsp3) is 0.500. The van der Waals surface area contributed by atoms with E-state index in [0.29, 0.717) is 18.2 Å². The van der Waals surface area contributed by atoms with Gasteiger partial charge in [0.2, 0.25) is 5.91 Å². The zero-order chi connectivity index (χ0) is 12.0. The van der Waals surface area contributed by atoms with Crippen LogP contribution in [-0.4, -0.2) is 16.9 Å². The smallest absolute Gasteiger partial charge is 0.227 e. The van der Waals surface area contributed by atoms with Crippen LogP contribution in [0.1, 0.15) is 26.7 Å². The molecule has 1 aromatic rings. The van der Waals surface area contributed by atoms with Crippen molar-refractivity contribution in [2.75, 3.05) is 5.32 Å². The minimum absolute atomic E-state index is 0.0773. The molecule has 4 nitrogen and oxygen atoms in total. The highest BCUT2D eigenvalue weighted by atomic mass is 16.1. The van der Waals surface area contributed by atoms with E-state index in [9.17, 15) is 4.79 Å². The number of anilines is 1. The van der Waals surface area contributed by atoms with Gasteiger partial charge in [-0.2, -0.15) is 0 Å². The second-order valence-electron chi connectivity index (χ2n) is 4.02. The summed E-state index contributed by atoms with van der Waals surface area (Å²) in [4.78, 5) is 15.6. The lowest BCUT2D eigenvalue weighted by atomic mass is 9.97. The number of carbonyl (C=O) groups excluding carboxylic acids is 1. The molecule has 0 aliphatic rings. The predicted octanol–water partition coefficient (Wildman–Crippen LogP) is 1.78. The highest BCUT2D eigenvalue weighted by Crippen LogP contribution is 2.09. The first kappa shape index (κ1) is 12.6. The molecule has 0 aliphatic carbocycles. The Kier molecular flexibility index (Phi) is 4.92. The first-order chi connectivity index (χ1) is 7.63. The number of nitrogens with one attached hydrogen (secondary N) is 1. The van der Waals surface area contributed by atoms with E-state index in [2.05, 4.69) is 24.1 Å². The summed E-state index contributed by atoms with van der Waals surface area (Å²) in [5.74, 6) is 0.852. The monoisotopic (exact) mass is 221 g/mol.